The van der Waals surface area contributed by atoms with Crippen molar-refractivity contribution in [3.63, 3.8) is 0 Å². The lowest BCUT2D eigenvalue weighted by Crippen LogP contribution is -2.06. The summed E-state index contributed by atoms with van der Waals surface area (Å²) in [6.45, 7) is 0. The number of rotatable bonds is 3. The van der Waals surface area contributed by atoms with Crippen LogP contribution in [0.2, 0.25) is 0 Å². The van der Waals surface area contributed by atoms with E-state index in [2.05, 4.69) is 4.98 Å². The summed E-state index contributed by atoms with van der Waals surface area (Å²) in [6, 6.07) is 7.43. The molecule has 5 nitrogen and oxygen atoms in total. The van der Waals surface area contributed by atoms with Gasteiger partial charge in [-0.15, -0.1) is 0 Å². The Morgan fingerprint density at radius 1 is 1.28 bits per heavy atom. The Morgan fingerprint density at radius 3 is 2.56 bits per heavy atom. The van der Waals surface area contributed by atoms with Crippen molar-refractivity contribution in [1.82, 2.24) is 4.98 Å². The summed E-state index contributed by atoms with van der Waals surface area (Å²) >= 11 is 0. The summed E-state index contributed by atoms with van der Waals surface area (Å²) in [6.07, 6.45) is 2.70. The standard InChI is InChI=1S/C12H12N2O3S/c1-18(16,17)10-6-8(5-9(13)7-10)12(15)11-3-2-4-14-11/h2-7,14H,13H2,1H3. The van der Waals surface area contributed by atoms with Gasteiger partial charge in [-0.3, -0.25) is 4.79 Å². The Labute approximate surface area is 105 Å². The summed E-state index contributed by atoms with van der Waals surface area (Å²) in [5.74, 6) is -0.294. The molecular weight excluding hydrogens is 252 g/mol. The number of anilines is 1. The third-order valence-corrected chi connectivity index (χ3v) is 3.55. The predicted octanol–water partition coefficient (Wildman–Crippen LogP) is 1.23. The van der Waals surface area contributed by atoms with E-state index in [0.717, 1.165) is 6.26 Å². The van der Waals surface area contributed by atoms with Gasteiger partial charge in [-0.2, -0.15) is 0 Å². The van der Waals surface area contributed by atoms with E-state index < -0.39 is 9.84 Å². The highest BCUT2D eigenvalue weighted by molar-refractivity contribution is 7.90. The van der Waals surface area contributed by atoms with Gasteiger partial charge in [0.05, 0.1) is 10.6 Å². The highest BCUT2D eigenvalue weighted by atomic mass is 32.2. The Kier molecular flexibility index (Phi) is 2.96. The molecule has 1 aromatic heterocycles. The molecule has 0 unspecified atom stereocenters. The van der Waals surface area contributed by atoms with E-state index in [1.165, 1.54) is 18.2 Å². The van der Waals surface area contributed by atoms with Crippen molar-refractivity contribution >= 4 is 21.3 Å². The molecular formula is C12H12N2O3S. The molecule has 0 bridgehead atoms. The first-order chi connectivity index (χ1) is 8.38. The van der Waals surface area contributed by atoms with Gasteiger partial charge in [0.2, 0.25) is 5.78 Å². The number of benzene rings is 1. The minimum Gasteiger partial charge on any atom is -0.399 e. The molecule has 1 aromatic carbocycles. The van der Waals surface area contributed by atoms with Crippen LogP contribution in [0.5, 0.6) is 0 Å². The number of carbonyl (C=O) groups is 1. The molecule has 2 rings (SSSR count). The van der Waals surface area contributed by atoms with Crippen molar-refractivity contribution in [2.75, 3.05) is 12.0 Å². The zero-order chi connectivity index (χ0) is 13.3. The highest BCUT2D eigenvalue weighted by Gasteiger charge is 2.15. The average Bonchev–Trinajstić information content (AvgIpc) is 2.79. The molecule has 3 N–H and O–H groups in total. The second-order valence-electron chi connectivity index (χ2n) is 3.98. The van der Waals surface area contributed by atoms with E-state index in [9.17, 15) is 13.2 Å². The molecule has 0 saturated carbocycles. The molecule has 0 radical (unpaired) electrons. The molecule has 2 aromatic rings. The fourth-order valence-corrected chi connectivity index (χ4v) is 2.29. The first-order valence-electron chi connectivity index (χ1n) is 5.16. The maximum atomic E-state index is 12.1. The van der Waals surface area contributed by atoms with Crippen LogP contribution in [0.4, 0.5) is 5.69 Å². The third kappa shape index (κ3) is 2.43. The zero-order valence-corrected chi connectivity index (χ0v) is 10.5. The summed E-state index contributed by atoms with van der Waals surface area (Å²) in [7, 11) is -3.39. The minimum absolute atomic E-state index is 0.0393. The molecule has 1 heterocycles. The molecule has 0 atom stereocenters. The normalized spacial score (nSPS) is 11.4. The topological polar surface area (TPSA) is 93.0 Å². The van der Waals surface area contributed by atoms with Crippen molar-refractivity contribution in [2.24, 2.45) is 0 Å². The fourth-order valence-electron chi connectivity index (χ4n) is 1.59. The lowest BCUT2D eigenvalue weighted by atomic mass is 10.1. The molecule has 94 valence electrons. The Balaban J connectivity index is 2.53. The van der Waals surface area contributed by atoms with Crippen molar-refractivity contribution in [3.05, 3.63) is 47.8 Å². The van der Waals surface area contributed by atoms with Crippen LogP contribution in [0, 0.1) is 0 Å². The molecule has 0 aliphatic heterocycles. The van der Waals surface area contributed by atoms with Gasteiger partial charge in [-0.25, -0.2) is 8.42 Å². The maximum absolute atomic E-state index is 12.1. The van der Waals surface area contributed by atoms with Gasteiger partial charge in [0.15, 0.2) is 9.84 Å². The number of aromatic nitrogens is 1. The largest absolute Gasteiger partial charge is 0.399 e. The second-order valence-corrected chi connectivity index (χ2v) is 5.99. The van der Waals surface area contributed by atoms with Crippen LogP contribution < -0.4 is 5.73 Å². The molecule has 0 fully saturated rings. The van der Waals surface area contributed by atoms with Crippen LogP contribution >= 0.6 is 0 Å². The van der Waals surface area contributed by atoms with E-state index >= 15 is 0 Å². The van der Waals surface area contributed by atoms with Crippen LogP contribution in [-0.4, -0.2) is 25.4 Å². The van der Waals surface area contributed by atoms with Gasteiger partial charge in [0, 0.05) is 23.7 Å². The molecule has 0 aliphatic carbocycles. The molecule has 18 heavy (non-hydrogen) atoms. The van der Waals surface area contributed by atoms with Gasteiger partial charge in [0.25, 0.3) is 0 Å². The monoisotopic (exact) mass is 264 g/mol. The van der Waals surface area contributed by atoms with Crippen LogP contribution in [0.15, 0.2) is 41.4 Å². The molecule has 0 aliphatic rings. The second kappa shape index (κ2) is 4.30. The van der Waals surface area contributed by atoms with Crippen molar-refractivity contribution in [1.29, 1.82) is 0 Å². The zero-order valence-electron chi connectivity index (χ0n) is 9.67. The van der Waals surface area contributed by atoms with Gasteiger partial charge in [-0.1, -0.05) is 0 Å². The van der Waals surface area contributed by atoms with Crippen LogP contribution in [0.1, 0.15) is 16.1 Å². The number of hydrogen-bond donors (Lipinski definition) is 2. The van der Waals surface area contributed by atoms with E-state index in [-0.39, 0.29) is 21.9 Å². The molecule has 0 spiro atoms. The fraction of sp³-hybridized carbons (Fsp3) is 0.0833. The van der Waals surface area contributed by atoms with Crippen LogP contribution in [0.25, 0.3) is 0 Å². The smallest absolute Gasteiger partial charge is 0.209 e. The maximum Gasteiger partial charge on any atom is 0.209 e. The van der Waals surface area contributed by atoms with Crippen molar-refractivity contribution in [3.8, 4) is 0 Å². The number of hydrogen-bond acceptors (Lipinski definition) is 4. The van der Waals surface area contributed by atoms with Gasteiger partial charge < -0.3 is 10.7 Å². The lowest BCUT2D eigenvalue weighted by Gasteiger charge is -2.04. The highest BCUT2D eigenvalue weighted by Crippen LogP contribution is 2.19. The summed E-state index contributed by atoms with van der Waals surface area (Å²) in [5, 5.41) is 0. The van der Waals surface area contributed by atoms with Gasteiger partial charge in [0.1, 0.15) is 0 Å². The lowest BCUT2D eigenvalue weighted by molar-refractivity contribution is 0.103. The van der Waals surface area contributed by atoms with Crippen molar-refractivity contribution in [2.45, 2.75) is 4.90 Å². The molecule has 6 heteroatoms. The first-order valence-corrected chi connectivity index (χ1v) is 7.06. The predicted molar refractivity (Wildman–Crippen MR) is 68.2 cm³/mol. The van der Waals surface area contributed by atoms with Crippen molar-refractivity contribution < 1.29 is 13.2 Å². The molecule has 0 amide bonds. The minimum atomic E-state index is -3.39. The Bertz CT molecular complexity index is 688. The summed E-state index contributed by atoms with van der Waals surface area (Å²) < 4.78 is 22.9. The Hall–Kier alpha value is -2.08. The molecule has 0 saturated heterocycles. The summed E-state index contributed by atoms with van der Waals surface area (Å²) in [5.41, 5.74) is 6.50. The number of H-pyrrole nitrogens is 1. The van der Waals surface area contributed by atoms with E-state index in [4.69, 9.17) is 5.73 Å². The summed E-state index contributed by atoms with van der Waals surface area (Å²) in [4.78, 5) is 14.9. The van der Waals surface area contributed by atoms with Gasteiger partial charge >= 0.3 is 0 Å². The number of sulfone groups is 1. The first kappa shape index (κ1) is 12.4. The average molecular weight is 264 g/mol. The SMILES string of the molecule is CS(=O)(=O)c1cc(N)cc(C(=O)c2ccc[nH]2)c1. The van der Waals surface area contributed by atoms with Crippen LogP contribution in [-0.2, 0) is 9.84 Å². The number of nitrogens with two attached hydrogens (primary N) is 1. The number of carbonyl (C=O) groups excluding carboxylic acids is 1. The quantitative estimate of drug-likeness (QED) is 0.644. The third-order valence-electron chi connectivity index (χ3n) is 2.46. The van der Waals surface area contributed by atoms with E-state index in [0.29, 0.717) is 5.69 Å². The number of nitrogen functional groups attached to an aromatic ring is 1. The number of nitrogens with one attached hydrogen (secondary N) is 1. The van der Waals surface area contributed by atoms with Crippen LogP contribution in [0.3, 0.4) is 0 Å². The Morgan fingerprint density at radius 2 is 2.00 bits per heavy atom. The van der Waals surface area contributed by atoms with Gasteiger partial charge in [-0.05, 0) is 30.3 Å². The van der Waals surface area contributed by atoms with E-state index in [1.54, 1.807) is 18.3 Å². The van der Waals surface area contributed by atoms with E-state index in [1.807, 2.05) is 0 Å². The number of aromatic amines is 1. The number of ketones is 1.